The van der Waals surface area contributed by atoms with Crippen LogP contribution in [0.15, 0.2) is 29.9 Å². The lowest BCUT2D eigenvalue weighted by atomic mass is 10.4. The third kappa shape index (κ3) is 3.38. The predicted molar refractivity (Wildman–Crippen MR) is 76.6 cm³/mol. The molecular weight excluding hydrogens is 264 g/mol. The Balaban J connectivity index is 2.29. The van der Waals surface area contributed by atoms with Crippen LogP contribution < -0.4 is 5.32 Å². The Morgan fingerprint density at radius 3 is 3.00 bits per heavy atom. The van der Waals surface area contributed by atoms with Crippen molar-refractivity contribution in [1.29, 1.82) is 0 Å². The van der Waals surface area contributed by atoms with E-state index in [9.17, 15) is 0 Å². The van der Waals surface area contributed by atoms with Gasteiger partial charge in [0.05, 0.1) is 6.20 Å². The van der Waals surface area contributed by atoms with Gasteiger partial charge in [-0.2, -0.15) is 10.1 Å². The maximum absolute atomic E-state index is 6.03. The van der Waals surface area contributed by atoms with E-state index in [0.717, 1.165) is 11.4 Å². The summed E-state index contributed by atoms with van der Waals surface area (Å²) in [7, 11) is 0. The normalized spacial score (nSPS) is 11.4. The first-order chi connectivity index (χ1) is 9.08. The first-order valence-electron chi connectivity index (χ1n) is 5.58. The maximum Gasteiger partial charge on any atom is 0.251 e. The number of nitrogens with one attached hydrogen (secondary N) is 2. The van der Waals surface area contributed by atoms with Crippen molar-refractivity contribution in [2.45, 2.75) is 13.8 Å². The van der Waals surface area contributed by atoms with Crippen LogP contribution in [0.5, 0.6) is 0 Å². The Morgan fingerprint density at radius 1 is 1.58 bits per heavy atom. The third-order valence-electron chi connectivity index (χ3n) is 2.26. The summed E-state index contributed by atoms with van der Waals surface area (Å²) in [5, 5.41) is 10.3. The number of aromatic amines is 1. The second-order valence-corrected chi connectivity index (χ2v) is 4.29. The van der Waals surface area contributed by atoms with Crippen LogP contribution >= 0.6 is 11.6 Å². The molecule has 2 rings (SSSR count). The Morgan fingerprint density at radius 2 is 2.37 bits per heavy atom. The molecule has 19 heavy (non-hydrogen) atoms. The number of hydrogen-bond donors (Lipinski definition) is 2. The summed E-state index contributed by atoms with van der Waals surface area (Å²) in [6, 6.07) is 1.84. The molecule has 0 aliphatic heterocycles. The van der Waals surface area contributed by atoms with Gasteiger partial charge in [0, 0.05) is 17.5 Å². The Labute approximate surface area is 115 Å². The minimum atomic E-state index is 0.316. The molecule has 2 aromatic heterocycles. The van der Waals surface area contributed by atoms with Crippen molar-refractivity contribution in [3.8, 4) is 0 Å². The lowest BCUT2D eigenvalue weighted by molar-refractivity contribution is 1.04. The van der Waals surface area contributed by atoms with Gasteiger partial charge in [-0.3, -0.25) is 5.10 Å². The fourth-order valence-corrected chi connectivity index (χ4v) is 1.44. The average Bonchev–Trinajstić information content (AvgIpc) is 2.79. The van der Waals surface area contributed by atoms with Crippen LogP contribution in [-0.2, 0) is 0 Å². The second kappa shape index (κ2) is 5.62. The number of aromatic nitrogens is 4. The Bertz CT molecular complexity index is 631. The number of anilines is 2. The van der Waals surface area contributed by atoms with Crippen molar-refractivity contribution in [3.05, 3.63) is 35.6 Å². The number of aryl methyl sites for hydroxylation is 1. The van der Waals surface area contributed by atoms with Gasteiger partial charge in [0.15, 0.2) is 11.6 Å². The number of allylic oxidation sites excluding steroid dienone is 1. The summed E-state index contributed by atoms with van der Waals surface area (Å²) in [6.07, 6.45) is 3.12. The van der Waals surface area contributed by atoms with Gasteiger partial charge in [0.2, 0.25) is 0 Å². The molecule has 0 aliphatic rings. The molecular formula is C12H13ClN6. The molecule has 0 radical (unpaired) electrons. The minimum Gasteiger partial charge on any atom is -0.322 e. The highest BCUT2D eigenvalue weighted by atomic mass is 35.5. The first-order valence-corrected chi connectivity index (χ1v) is 5.95. The van der Waals surface area contributed by atoms with Crippen LogP contribution in [0.2, 0.25) is 5.02 Å². The number of rotatable bonds is 4. The second-order valence-electron chi connectivity index (χ2n) is 3.89. The number of hydrogen-bond acceptors (Lipinski definition) is 5. The highest BCUT2D eigenvalue weighted by Gasteiger charge is 2.07. The highest BCUT2D eigenvalue weighted by Crippen LogP contribution is 2.23. The zero-order valence-electron chi connectivity index (χ0n) is 10.6. The van der Waals surface area contributed by atoms with Crippen molar-refractivity contribution < 1.29 is 0 Å². The van der Waals surface area contributed by atoms with Crippen LogP contribution in [0, 0.1) is 6.92 Å². The van der Waals surface area contributed by atoms with Crippen LogP contribution in [-0.4, -0.2) is 25.9 Å². The standard InChI is InChI=1S/C12H13ClN6/c1-4-7(2)15-12-14-6-9(13)11(17-12)16-10-5-8(3)18-19-10/h4-6H,1H2,2-3H3,(H2,14,16,17,18,19). The van der Waals surface area contributed by atoms with Gasteiger partial charge in [0.25, 0.3) is 5.95 Å². The average molecular weight is 277 g/mol. The zero-order chi connectivity index (χ0) is 13.8. The van der Waals surface area contributed by atoms with E-state index in [1.54, 1.807) is 6.08 Å². The summed E-state index contributed by atoms with van der Waals surface area (Å²) < 4.78 is 0. The molecule has 0 fully saturated rings. The SMILES string of the molecule is C=CC(C)=Nc1ncc(Cl)c(Nc2cc(C)[nH]n2)n1. The summed E-state index contributed by atoms with van der Waals surface area (Å²) >= 11 is 6.03. The molecule has 0 unspecified atom stereocenters. The predicted octanol–water partition coefficient (Wildman–Crippen LogP) is 3.18. The van der Waals surface area contributed by atoms with Crippen LogP contribution in [0.1, 0.15) is 12.6 Å². The molecule has 0 spiro atoms. The molecule has 0 bridgehead atoms. The molecule has 6 nitrogen and oxygen atoms in total. The van der Waals surface area contributed by atoms with Crippen molar-refractivity contribution in [2.24, 2.45) is 4.99 Å². The van der Waals surface area contributed by atoms with Gasteiger partial charge in [-0.1, -0.05) is 18.2 Å². The molecule has 0 amide bonds. The lowest BCUT2D eigenvalue weighted by Gasteiger charge is -2.04. The molecule has 2 aromatic rings. The number of nitrogens with zero attached hydrogens (tertiary/aromatic N) is 4. The molecule has 0 aromatic carbocycles. The molecule has 98 valence electrons. The van der Waals surface area contributed by atoms with Gasteiger partial charge in [-0.05, 0) is 19.9 Å². The van der Waals surface area contributed by atoms with Crippen molar-refractivity contribution in [2.75, 3.05) is 5.32 Å². The van der Waals surface area contributed by atoms with Gasteiger partial charge >= 0.3 is 0 Å². The van der Waals surface area contributed by atoms with E-state index >= 15 is 0 Å². The summed E-state index contributed by atoms with van der Waals surface area (Å²) in [5.41, 5.74) is 1.66. The number of halogens is 1. The van der Waals surface area contributed by atoms with Gasteiger partial charge in [-0.25, -0.2) is 9.98 Å². The number of H-pyrrole nitrogens is 1. The summed E-state index contributed by atoms with van der Waals surface area (Å²) in [6.45, 7) is 7.35. The minimum absolute atomic E-state index is 0.316. The topological polar surface area (TPSA) is 78.9 Å². The van der Waals surface area contributed by atoms with E-state index in [2.05, 4.69) is 37.1 Å². The van der Waals surface area contributed by atoms with Crippen LogP contribution in [0.3, 0.4) is 0 Å². The molecule has 0 saturated heterocycles. The third-order valence-corrected chi connectivity index (χ3v) is 2.53. The van der Waals surface area contributed by atoms with Crippen molar-refractivity contribution in [3.63, 3.8) is 0 Å². The maximum atomic E-state index is 6.03. The summed E-state index contributed by atoms with van der Waals surface area (Å²) in [5.74, 6) is 1.41. The highest BCUT2D eigenvalue weighted by molar-refractivity contribution is 6.32. The van der Waals surface area contributed by atoms with E-state index in [-0.39, 0.29) is 0 Å². The van der Waals surface area contributed by atoms with Gasteiger partial charge in [-0.15, -0.1) is 0 Å². The molecule has 7 heteroatoms. The fraction of sp³-hybridized carbons (Fsp3) is 0.167. The quantitative estimate of drug-likeness (QED) is 0.841. The molecule has 2 N–H and O–H groups in total. The number of aliphatic imine (C=N–C) groups is 1. The lowest BCUT2D eigenvalue weighted by Crippen LogP contribution is -1.97. The van der Waals surface area contributed by atoms with Gasteiger partial charge in [0.1, 0.15) is 5.02 Å². The van der Waals surface area contributed by atoms with E-state index < -0.39 is 0 Å². The Kier molecular flexibility index (Phi) is 3.91. The largest absolute Gasteiger partial charge is 0.322 e. The van der Waals surface area contributed by atoms with Crippen LogP contribution in [0.25, 0.3) is 0 Å². The first kappa shape index (κ1) is 13.2. The molecule has 0 aliphatic carbocycles. The molecule has 2 heterocycles. The van der Waals surface area contributed by atoms with E-state index in [0.29, 0.717) is 22.6 Å². The Hall–Kier alpha value is -2.21. The molecule has 0 saturated carbocycles. The monoisotopic (exact) mass is 276 g/mol. The summed E-state index contributed by atoms with van der Waals surface area (Å²) in [4.78, 5) is 12.4. The molecule has 0 atom stereocenters. The smallest absolute Gasteiger partial charge is 0.251 e. The van der Waals surface area contributed by atoms with E-state index in [1.807, 2.05) is 19.9 Å². The van der Waals surface area contributed by atoms with Crippen LogP contribution in [0.4, 0.5) is 17.6 Å². The fourth-order valence-electron chi connectivity index (χ4n) is 1.31. The van der Waals surface area contributed by atoms with E-state index in [4.69, 9.17) is 11.6 Å². The van der Waals surface area contributed by atoms with Crippen molar-refractivity contribution >= 4 is 34.9 Å². The van der Waals surface area contributed by atoms with Gasteiger partial charge < -0.3 is 5.32 Å². The van der Waals surface area contributed by atoms with Crippen molar-refractivity contribution in [1.82, 2.24) is 20.2 Å². The zero-order valence-corrected chi connectivity index (χ0v) is 11.4. The van der Waals surface area contributed by atoms with E-state index in [1.165, 1.54) is 6.20 Å².